The highest BCUT2D eigenvalue weighted by molar-refractivity contribution is 7.98. The van der Waals surface area contributed by atoms with Crippen molar-refractivity contribution in [2.24, 2.45) is 10.9 Å². The number of nitrogens with zero attached hydrogens (tertiary/aromatic N) is 2. The lowest BCUT2D eigenvalue weighted by Crippen LogP contribution is -2.36. The smallest absolute Gasteiger partial charge is 0.336 e. The first-order chi connectivity index (χ1) is 13.3. The summed E-state index contributed by atoms with van der Waals surface area (Å²) >= 11 is 1.47. The van der Waals surface area contributed by atoms with E-state index in [4.69, 9.17) is 9.47 Å². The minimum absolute atomic E-state index is 0.129. The summed E-state index contributed by atoms with van der Waals surface area (Å²) in [5, 5.41) is 11.2. The Hall–Kier alpha value is -2.68. The standard InChI is InChI=1S/C19H22N2O6S/c1-5-27-19(23)17-14(10-28-4)20-11(2)15(18(22)26-3)16(17)12-7-6-8-13(9-12)21(24)25/h6-9,15-16H,5,10H2,1-4H3. The molecule has 0 aliphatic carbocycles. The number of nitro groups is 1. The molecule has 0 fully saturated rings. The van der Waals surface area contributed by atoms with Crippen molar-refractivity contribution in [1.29, 1.82) is 0 Å². The second kappa shape index (κ2) is 9.50. The van der Waals surface area contributed by atoms with Crippen molar-refractivity contribution in [1.82, 2.24) is 0 Å². The fourth-order valence-corrected chi connectivity index (χ4v) is 3.75. The Labute approximate surface area is 167 Å². The minimum Gasteiger partial charge on any atom is -0.468 e. The molecule has 0 aromatic heterocycles. The number of carbonyl (C=O) groups excluding carboxylic acids is 2. The van der Waals surface area contributed by atoms with Crippen molar-refractivity contribution in [3.8, 4) is 0 Å². The van der Waals surface area contributed by atoms with Crippen LogP contribution in [0.1, 0.15) is 25.3 Å². The van der Waals surface area contributed by atoms with Gasteiger partial charge in [0.2, 0.25) is 0 Å². The fraction of sp³-hybridized carbons (Fsp3) is 0.421. The maximum Gasteiger partial charge on any atom is 0.336 e. The number of hydrogen-bond donors (Lipinski definition) is 0. The Morgan fingerprint density at radius 3 is 2.64 bits per heavy atom. The summed E-state index contributed by atoms with van der Waals surface area (Å²) in [6.45, 7) is 3.53. The van der Waals surface area contributed by atoms with Gasteiger partial charge in [-0.1, -0.05) is 12.1 Å². The van der Waals surface area contributed by atoms with Gasteiger partial charge in [0.1, 0.15) is 5.92 Å². The van der Waals surface area contributed by atoms with Crippen molar-refractivity contribution in [2.75, 3.05) is 25.7 Å². The van der Waals surface area contributed by atoms with Crippen molar-refractivity contribution >= 4 is 35.1 Å². The largest absolute Gasteiger partial charge is 0.468 e. The maximum atomic E-state index is 12.8. The second-order valence-corrected chi connectivity index (χ2v) is 6.96. The van der Waals surface area contributed by atoms with Gasteiger partial charge in [-0.15, -0.1) is 0 Å². The minimum atomic E-state index is -0.878. The lowest BCUT2D eigenvalue weighted by Gasteiger charge is -2.31. The summed E-state index contributed by atoms with van der Waals surface area (Å²) in [4.78, 5) is 40.6. The van der Waals surface area contributed by atoms with Gasteiger partial charge in [0.15, 0.2) is 0 Å². The number of hydrogen-bond acceptors (Lipinski definition) is 8. The molecule has 2 unspecified atom stereocenters. The van der Waals surface area contributed by atoms with E-state index in [9.17, 15) is 19.7 Å². The normalized spacial score (nSPS) is 19.1. The van der Waals surface area contributed by atoms with Gasteiger partial charge in [0.25, 0.3) is 5.69 Å². The molecule has 0 amide bonds. The van der Waals surface area contributed by atoms with Gasteiger partial charge in [-0.05, 0) is 25.7 Å². The third-order valence-electron chi connectivity index (χ3n) is 4.39. The molecule has 8 nitrogen and oxygen atoms in total. The lowest BCUT2D eigenvalue weighted by atomic mass is 9.75. The summed E-state index contributed by atoms with van der Waals surface area (Å²) in [6, 6.07) is 5.91. The first-order valence-electron chi connectivity index (χ1n) is 8.62. The Kier molecular flexibility index (Phi) is 7.33. The van der Waals surface area contributed by atoms with E-state index in [1.165, 1.54) is 37.1 Å². The molecular formula is C19H22N2O6S. The molecule has 2 rings (SSSR count). The Morgan fingerprint density at radius 2 is 2.07 bits per heavy atom. The summed E-state index contributed by atoms with van der Waals surface area (Å²) in [5.74, 6) is -2.39. The van der Waals surface area contributed by atoms with Crippen molar-refractivity contribution < 1.29 is 24.0 Å². The third-order valence-corrected chi connectivity index (χ3v) is 4.95. The van der Waals surface area contributed by atoms with Gasteiger partial charge < -0.3 is 9.47 Å². The van der Waals surface area contributed by atoms with Gasteiger partial charge in [0.05, 0.1) is 29.9 Å². The maximum absolute atomic E-state index is 12.8. The first kappa shape index (κ1) is 21.6. The van der Waals surface area contributed by atoms with E-state index in [1.54, 1.807) is 19.9 Å². The van der Waals surface area contributed by atoms with Crippen LogP contribution in [0.4, 0.5) is 5.69 Å². The molecular weight excluding hydrogens is 384 g/mol. The highest BCUT2D eigenvalue weighted by Gasteiger charge is 2.43. The predicted octanol–water partition coefficient (Wildman–Crippen LogP) is 3.12. The van der Waals surface area contributed by atoms with Gasteiger partial charge >= 0.3 is 11.9 Å². The van der Waals surface area contributed by atoms with E-state index in [-0.39, 0.29) is 17.9 Å². The van der Waals surface area contributed by atoms with Crippen LogP contribution in [-0.4, -0.2) is 48.3 Å². The lowest BCUT2D eigenvalue weighted by molar-refractivity contribution is -0.384. The number of benzene rings is 1. The zero-order valence-electron chi connectivity index (χ0n) is 16.1. The first-order valence-corrected chi connectivity index (χ1v) is 10.0. The summed E-state index contributed by atoms with van der Waals surface area (Å²) in [6.07, 6.45) is 1.87. The van der Waals surface area contributed by atoms with E-state index >= 15 is 0 Å². The van der Waals surface area contributed by atoms with Crippen LogP contribution >= 0.6 is 11.8 Å². The molecule has 0 N–H and O–H groups in total. The molecule has 0 radical (unpaired) electrons. The number of esters is 2. The molecule has 0 saturated carbocycles. The number of nitro benzene ring substituents is 1. The molecule has 1 aromatic rings. The Bertz CT molecular complexity index is 849. The monoisotopic (exact) mass is 406 g/mol. The number of methoxy groups -OCH3 is 1. The van der Waals surface area contributed by atoms with E-state index in [0.717, 1.165) is 0 Å². The molecule has 1 aromatic carbocycles. The van der Waals surface area contributed by atoms with Gasteiger partial charge in [-0.2, -0.15) is 11.8 Å². The SMILES string of the molecule is CCOC(=O)C1=C(CSC)N=C(C)C(C(=O)OC)C1c1cccc([N+](=O)[O-])c1. The average Bonchev–Trinajstić information content (AvgIpc) is 2.67. The zero-order chi connectivity index (χ0) is 20.8. The molecule has 0 bridgehead atoms. The fourth-order valence-electron chi connectivity index (χ4n) is 3.25. The zero-order valence-corrected chi connectivity index (χ0v) is 16.9. The van der Waals surface area contributed by atoms with Crippen LogP contribution in [0.5, 0.6) is 0 Å². The molecule has 2 atom stereocenters. The van der Waals surface area contributed by atoms with Crippen LogP contribution in [0.2, 0.25) is 0 Å². The van der Waals surface area contributed by atoms with Crippen LogP contribution in [-0.2, 0) is 19.1 Å². The van der Waals surface area contributed by atoms with Crippen LogP contribution in [0, 0.1) is 16.0 Å². The summed E-state index contributed by atoms with van der Waals surface area (Å²) < 4.78 is 10.2. The van der Waals surface area contributed by atoms with Crippen LogP contribution in [0.15, 0.2) is 40.5 Å². The summed E-state index contributed by atoms with van der Waals surface area (Å²) in [7, 11) is 1.26. The van der Waals surface area contributed by atoms with E-state index in [2.05, 4.69) is 4.99 Å². The number of thioether (sulfide) groups is 1. The molecule has 1 aliphatic rings. The molecule has 0 spiro atoms. The van der Waals surface area contributed by atoms with E-state index in [1.807, 2.05) is 6.26 Å². The van der Waals surface area contributed by atoms with Gasteiger partial charge in [-0.25, -0.2) is 4.79 Å². The van der Waals surface area contributed by atoms with E-state index < -0.39 is 28.7 Å². The number of aliphatic imine (C=N–C) groups is 1. The van der Waals surface area contributed by atoms with E-state index in [0.29, 0.717) is 22.7 Å². The molecule has 1 heterocycles. The molecule has 9 heteroatoms. The van der Waals surface area contributed by atoms with Crippen molar-refractivity contribution in [3.05, 3.63) is 51.2 Å². The number of ether oxygens (including phenoxy) is 2. The highest BCUT2D eigenvalue weighted by Crippen LogP contribution is 2.41. The number of non-ortho nitro benzene ring substituents is 1. The quantitative estimate of drug-likeness (QED) is 0.389. The van der Waals surface area contributed by atoms with Crippen molar-refractivity contribution in [3.63, 3.8) is 0 Å². The third kappa shape index (κ3) is 4.41. The molecule has 28 heavy (non-hydrogen) atoms. The van der Waals surface area contributed by atoms with Crippen LogP contribution < -0.4 is 0 Å². The summed E-state index contributed by atoms with van der Waals surface area (Å²) in [5.41, 5.74) is 1.55. The van der Waals surface area contributed by atoms with Crippen LogP contribution in [0.3, 0.4) is 0 Å². The average molecular weight is 406 g/mol. The number of carbonyl (C=O) groups is 2. The topological polar surface area (TPSA) is 108 Å². The van der Waals surface area contributed by atoms with Gasteiger partial charge in [-0.3, -0.25) is 19.9 Å². The predicted molar refractivity (Wildman–Crippen MR) is 106 cm³/mol. The Balaban J connectivity index is 2.75. The molecule has 150 valence electrons. The molecule has 0 saturated heterocycles. The van der Waals surface area contributed by atoms with Crippen molar-refractivity contribution in [2.45, 2.75) is 19.8 Å². The Morgan fingerprint density at radius 1 is 1.36 bits per heavy atom. The van der Waals surface area contributed by atoms with Crippen LogP contribution in [0.25, 0.3) is 0 Å². The second-order valence-electron chi connectivity index (χ2n) is 6.10. The number of rotatable bonds is 7. The highest BCUT2D eigenvalue weighted by atomic mass is 32.2. The van der Waals surface area contributed by atoms with Gasteiger partial charge in [0, 0.05) is 29.5 Å². The molecule has 1 aliphatic heterocycles.